The molecule has 0 spiro atoms. The Hall–Kier alpha value is -1.91. The van der Waals surface area contributed by atoms with Crippen LogP contribution in [0, 0.1) is 12.7 Å². The highest BCUT2D eigenvalue weighted by Gasteiger charge is 2.46. The maximum absolute atomic E-state index is 13.3. The van der Waals surface area contributed by atoms with Gasteiger partial charge in [-0.05, 0) is 50.5 Å². The molecule has 1 aromatic carbocycles. The minimum atomic E-state index is -1.20. The van der Waals surface area contributed by atoms with Gasteiger partial charge in [0.15, 0.2) is 0 Å². The summed E-state index contributed by atoms with van der Waals surface area (Å²) < 4.78 is 13.3. The minimum Gasteiger partial charge on any atom is -0.480 e. The van der Waals surface area contributed by atoms with Crippen molar-refractivity contribution < 1.29 is 19.1 Å². The summed E-state index contributed by atoms with van der Waals surface area (Å²) in [5.41, 5.74) is -0.358. The fraction of sp³-hybridized carbons (Fsp3) is 0.429. The minimum absolute atomic E-state index is 0.201. The second-order valence-corrected chi connectivity index (χ2v) is 5.16. The van der Waals surface area contributed by atoms with Gasteiger partial charge in [0.25, 0.3) is 5.91 Å². The maximum atomic E-state index is 13.3. The zero-order valence-corrected chi connectivity index (χ0v) is 10.9. The number of hydrogen-bond donors (Lipinski definition) is 1. The summed E-state index contributed by atoms with van der Waals surface area (Å²) in [6.07, 6.45) is 1.06. The first-order valence-electron chi connectivity index (χ1n) is 6.17. The van der Waals surface area contributed by atoms with Crippen molar-refractivity contribution in [3.63, 3.8) is 0 Å². The van der Waals surface area contributed by atoms with E-state index in [0.717, 1.165) is 6.07 Å². The van der Waals surface area contributed by atoms with E-state index in [2.05, 4.69) is 0 Å². The smallest absolute Gasteiger partial charge is 0.329 e. The Bertz CT molecular complexity index is 523. The number of amides is 1. The van der Waals surface area contributed by atoms with Crippen molar-refractivity contribution in [3.8, 4) is 0 Å². The monoisotopic (exact) mass is 265 g/mol. The molecule has 1 saturated heterocycles. The molecule has 1 heterocycles. The zero-order valence-electron chi connectivity index (χ0n) is 10.9. The summed E-state index contributed by atoms with van der Waals surface area (Å²) in [7, 11) is 0. The second-order valence-electron chi connectivity index (χ2n) is 5.16. The predicted molar refractivity (Wildman–Crippen MR) is 67.4 cm³/mol. The average Bonchev–Trinajstić information content (AvgIpc) is 2.70. The van der Waals surface area contributed by atoms with Crippen molar-refractivity contribution in [1.29, 1.82) is 0 Å². The predicted octanol–water partition coefficient (Wildman–Crippen LogP) is 2.21. The molecule has 1 fully saturated rings. The summed E-state index contributed by atoms with van der Waals surface area (Å²) in [6.45, 7) is 3.61. The standard InChI is InChI=1S/C14H16FNO3/c1-9-6-10(8-11(15)7-9)12(17)16-5-3-4-14(16,2)13(18)19/h6-8H,3-5H2,1-2H3,(H,18,19). The van der Waals surface area contributed by atoms with Crippen LogP contribution in [0.2, 0.25) is 0 Å². The van der Waals surface area contributed by atoms with Crippen molar-refractivity contribution in [2.75, 3.05) is 6.54 Å². The van der Waals surface area contributed by atoms with Gasteiger partial charge in [0.2, 0.25) is 0 Å². The Balaban J connectivity index is 2.36. The van der Waals surface area contributed by atoms with Crippen LogP contribution in [0.5, 0.6) is 0 Å². The Morgan fingerprint density at radius 3 is 2.63 bits per heavy atom. The topological polar surface area (TPSA) is 57.6 Å². The third kappa shape index (κ3) is 2.32. The summed E-state index contributed by atoms with van der Waals surface area (Å²) in [6, 6.07) is 4.05. The van der Waals surface area contributed by atoms with Gasteiger partial charge in [0, 0.05) is 12.1 Å². The molecular weight excluding hydrogens is 249 g/mol. The number of halogens is 1. The van der Waals surface area contributed by atoms with E-state index in [0.29, 0.717) is 24.9 Å². The Labute approximate surface area is 110 Å². The maximum Gasteiger partial charge on any atom is 0.329 e. The SMILES string of the molecule is Cc1cc(F)cc(C(=O)N2CCCC2(C)C(=O)O)c1. The molecule has 1 aliphatic rings. The molecule has 1 aromatic rings. The molecule has 1 N–H and O–H groups in total. The lowest BCUT2D eigenvalue weighted by Gasteiger charge is -2.31. The first kappa shape index (κ1) is 13.5. The van der Waals surface area contributed by atoms with E-state index in [1.165, 1.54) is 17.9 Å². The van der Waals surface area contributed by atoms with Crippen LogP contribution in [0.15, 0.2) is 18.2 Å². The van der Waals surface area contributed by atoms with Gasteiger partial charge in [-0.1, -0.05) is 0 Å². The molecule has 102 valence electrons. The van der Waals surface area contributed by atoms with Crippen molar-refractivity contribution in [2.45, 2.75) is 32.2 Å². The lowest BCUT2D eigenvalue weighted by Crippen LogP contribution is -2.50. The molecule has 4 nitrogen and oxygen atoms in total. The van der Waals surface area contributed by atoms with E-state index in [1.807, 2.05) is 0 Å². The number of benzene rings is 1. The molecule has 1 atom stereocenters. The number of carboxylic acid groups (broad SMARTS) is 1. The third-order valence-corrected chi connectivity index (χ3v) is 3.64. The van der Waals surface area contributed by atoms with Gasteiger partial charge >= 0.3 is 5.97 Å². The molecule has 0 bridgehead atoms. The van der Waals surface area contributed by atoms with Crippen molar-refractivity contribution in [3.05, 3.63) is 35.1 Å². The fourth-order valence-corrected chi connectivity index (χ4v) is 2.53. The number of carbonyl (C=O) groups is 2. The molecule has 0 radical (unpaired) electrons. The molecule has 0 aromatic heterocycles. The van der Waals surface area contributed by atoms with E-state index in [1.54, 1.807) is 13.0 Å². The first-order chi connectivity index (χ1) is 8.84. The Morgan fingerprint density at radius 1 is 1.37 bits per heavy atom. The first-order valence-corrected chi connectivity index (χ1v) is 6.17. The van der Waals surface area contributed by atoms with E-state index >= 15 is 0 Å². The number of likely N-dealkylation sites (tertiary alicyclic amines) is 1. The molecule has 0 saturated carbocycles. The largest absolute Gasteiger partial charge is 0.480 e. The molecular formula is C14H16FNO3. The summed E-state index contributed by atoms with van der Waals surface area (Å²) in [5, 5.41) is 9.28. The van der Waals surface area contributed by atoms with Crippen LogP contribution in [0.25, 0.3) is 0 Å². The molecule has 1 amide bonds. The van der Waals surface area contributed by atoms with Gasteiger partial charge in [-0.15, -0.1) is 0 Å². The molecule has 0 aliphatic carbocycles. The summed E-state index contributed by atoms with van der Waals surface area (Å²) in [4.78, 5) is 25.0. The van der Waals surface area contributed by atoms with Crippen LogP contribution in [-0.4, -0.2) is 34.0 Å². The highest BCUT2D eigenvalue weighted by Crippen LogP contribution is 2.31. The van der Waals surface area contributed by atoms with Gasteiger partial charge < -0.3 is 10.0 Å². The van der Waals surface area contributed by atoms with Gasteiger partial charge in [-0.25, -0.2) is 9.18 Å². The molecule has 1 unspecified atom stereocenters. The van der Waals surface area contributed by atoms with Crippen LogP contribution >= 0.6 is 0 Å². The van der Waals surface area contributed by atoms with Gasteiger partial charge in [0.1, 0.15) is 11.4 Å². The van der Waals surface area contributed by atoms with Gasteiger partial charge in [-0.2, -0.15) is 0 Å². The number of aliphatic carboxylic acids is 1. The lowest BCUT2D eigenvalue weighted by molar-refractivity contribution is -0.147. The van der Waals surface area contributed by atoms with Gasteiger partial charge in [0.05, 0.1) is 0 Å². The number of nitrogens with zero attached hydrogens (tertiary/aromatic N) is 1. The number of aryl methyl sites for hydroxylation is 1. The van der Waals surface area contributed by atoms with Crippen LogP contribution in [0.3, 0.4) is 0 Å². The van der Waals surface area contributed by atoms with Crippen molar-refractivity contribution in [1.82, 2.24) is 4.90 Å². The van der Waals surface area contributed by atoms with E-state index in [-0.39, 0.29) is 5.56 Å². The Morgan fingerprint density at radius 2 is 2.05 bits per heavy atom. The lowest BCUT2D eigenvalue weighted by atomic mass is 9.98. The van der Waals surface area contributed by atoms with Crippen molar-refractivity contribution >= 4 is 11.9 Å². The third-order valence-electron chi connectivity index (χ3n) is 3.64. The fourth-order valence-electron chi connectivity index (χ4n) is 2.53. The average molecular weight is 265 g/mol. The number of carbonyl (C=O) groups excluding carboxylic acids is 1. The highest BCUT2D eigenvalue weighted by atomic mass is 19.1. The molecule has 2 rings (SSSR count). The number of carboxylic acids is 1. The van der Waals surface area contributed by atoms with Crippen LogP contribution in [0.1, 0.15) is 35.7 Å². The van der Waals surface area contributed by atoms with E-state index < -0.39 is 23.2 Å². The zero-order chi connectivity index (χ0) is 14.2. The van der Waals surface area contributed by atoms with Crippen LogP contribution < -0.4 is 0 Å². The van der Waals surface area contributed by atoms with Crippen molar-refractivity contribution in [2.24, 2.45) is 0 Å². The summed E-state index contributed by atoms with van der Waals surface area (Å²) in [5.74, 6) is -1.93. The van der Waals surface area contributed by atoms with Crippen LogP contribution in [0.4, 0.5) is 4.39 Å². The number of rotatable bonds is 2. The second kappa shape index (κ2) is 4.64. The molecule has 1 aliphatic heterocycles. The van der Waals surface area contributed by atoms with E-state index in [4.69, 9.17) is 0 Å². The number of hydrogen-bond acceptors (Lipinski definition) is 2. The van der Waals surface area contributed by atoms with Gasteiger partial charge in [-0.3, -0.25) is 4.79 Å². The quantitative estimate of drug-likeness (QED) is 0.892. The normalized spacial score (nSPS) is 22.6. The van der Waals surface area contributed by atoms with E-state index in [9.17, 15) is 19.1 Å². The Kier molecular flexibility index (Phi) is 3.30. The highest BCUT2D eigenvalue weighted by molar-refractivity contribution is 5.98. The molecule has 19 heavy (non-hydrogen) atoms. The van der Waals surface area contributed by atoms with Crippen LogP contribution in [-0.2, 0) is 4.79 Å². The molecule has 5 heteroatoms. The summed E-state index contributed by atoms with van der Waals surface area (Å²) >= 11 is 0.